The molecule has 0 unspecified atom stereocenters. The Balaban J connectivity index is 1.45. The van der Waals surface area contributed by atoms with Crippen LogP contribution in [0.2, 0.25) is 5.02 Å². The summed E-state index contributed by atoms with van der Waals surface area (Å²) in [7, 11) is 0. The van der Waals surface area contributed by atoms with Gasteiger partial charge in [0.2, 0.25) is 5.89 Å². The zero-order valence-electron chi connectivity index (χ0n) is 16.1. The van der Waals surface area contributed by atoms with Crippen LogP contribution in [0.3, 0.4) is 0 Å². The molecule has 1 saturated heterocycles. The van der Waals surface area contributed by atoms with Crippen LogP contribution in [0, 0.1) is 12.7 Å². The smallest absolute Gasteiger partial charge is 0.214 e. The Morgan fingerprint density at radius 3 is 2.83 bits per heavy atom. The molecule has 2 heterocycles. The topological polar surface area (TPSA) is 56.5 Å². The second-order valence-corrected chi connectivity index (χ2v) is 7.41. The first-order chi connectivity index (χ1) is 14.1. The van der Waals surface area contributed by atoms with Crippen LogP contribution < -0.4 is 10.1 Å². The zero-order valence-corrected chi connectivity index (χ0v) is 16.8. The number of halogens is 2. The maximum atomic E-state index is 13.8. The SMILES string of the molecule is Cc1nc(CNc2cc(F)ccc2OC[C@H]2CCCO2)oc1-c1ccc(Cl)cc1. The molecule has 0 aliphatic carbocycles. The van der Waals surface area contributed by atoms with Crippen LogP contribution in [0.4, 0.5) is 10.1 Å². The number of rotatable bonds is 7. The van der Waals surface area contributed by atoms with Gasteiger partial charge in [0, 0.05) is 23.3 Å². The molecule has 29 heavy (non-hydrogen) atoms. The molecule has 2 aromatic carbocycles. The number of nitrogens with zero attached hydrogens (tertiary/aromatic N) is 1. The quantitative estimate of drug-likeness (QED) is 0.542. The summed E-state index contributed by atoms with van der Waals surface area (Å²) >= 11 is 5.95. The van der Waals surface area contributed by atoms with Gasteiger partial charge in [-0.2, -0.15) is 0 Å². The largest absolute Gasteiger partial charge is 0.489 e. The van der Waals surface area contributed by atoms with Gasteiger partial charge in [0.15, 0.2) is 5.76 Å². The van der Waals surface area contributed by atoms with Gasteiger partial charge in [-0.1, -0.05) is 11.6 Å². The Morgan fingerprint density at radius 1 is 1.24 bits per heavy atom. The molecule has 1 aromatic heterocycles. The van der Waals surface area contributed by atoms with E-state index in [9.17, 15) is 4.39 Å². The molecule has 0 spiro atoms. The van der Waals surface area contributed by atoms with Crippen LogP contribution in [-0.4, -0.2) is 24.3 Å². The van der Waals surface area contributed by atoms with Gasteiger partial charge in [0.25, 0.3) is 0 Å². The Kier molecular flexibility index (Phi) is 6.02. The van der Waals surface area contributed by atoms with Crippen molar-refractivity contribution < 1.29 is 18.3 Å². The lowest BCUT2D eigenvalue weighted by Gasteiger charge is -2.15. The van der Waals surface area contributed by atoms with Gasteiger partial charge < -0.3 is 19.2 Å². The monoisotopic (exact) mass is 416 g/mol. The molecule has 0 saturated carbocycles. The lowest BCUT2D eigenvalue weighted by molar-refractivity contribution is 0.0681. The minimum absolute atomic E-state index is 0.0872. The number of hydrogen-bond acceptors (Lipinski definition) is 5. The number of hydrogen-bond donors (Lipinski definition) is 1. The van der Waals surface area contributed by atoms with Crippen molar-refractivity contribution in [3.63, 3.8) is 0 Å². The van der Waals surface area contributed by atoms with Crippen molar-refractivity contribution in [2.24, 2.45) is 0 Å². The summed E-state index contributed by atoms with van der Waals surface area (Å²) in [6.07, 6.45) is 2.11. The third-order valence-electron chi connectivity index (χ3n) is 4.77. The van der Waals surface area contributed by atoms with Crippen molar-refractivity contribution in [1.82, 2.24) is 4.98 Å². The summed E-state index contributed by atoms with van der Waals surface area (Å²) in [5.41, 5.74) is 2.22. The highest BCUT2D eigenvalue weighted by Crippen LogP contribution is 2.29. The number of aryl methyl sites for hydroxylation is 1. The standard InChI is InChI=1S/C22H22ClFN2O3/c1-14-22(15-4-6-16(23)7-5-15)29-21(26-14)12-25-19-11-17(24)8-9-20(19)28-13-18-3-2-10-27-18/h4-9,11,18,25H,2-3,10,12-13H2,1H3/t18-/m1/s1. The number of oxazole rings is 1. The van der Waals surface area contributed by atoms with Gasteiger partial charge in [-0.25, -0.2) is 9.37 Å². The first-order valence-electron chi connectivity index (χ1n) is 9.58. The molecule has 3 aromatic rings. The Morgan fingerprint density at radius 2 is 2.07 bits per heavy atom. The fourth-order valence-corrected chi connectivity index (χ4v) is 3.42. The second kappa shape index (κ2) is 8.84. The van der Waals surface area contributed by atoms with E-state index in [-0.39, 0.29) is 11.9 Å². The number of benzene rings is 2. The third kappa shape index (κ3) is 4.89. The highest BCUT2D eigenvalue weighted by Gasteiger charge is 2.17. The summed E-state index contributed by atoms with van der Waals surface area (Å²) in [6.45, 7) is 3.39. The molecule has 1 fully saturated rings. The van der Waals surface area contributed by atoms with E-state index in [1.807, 2.05) is 19.1 Å². The van der Waals surface area contributed by atoms with Crippen molar-refractivity contribution in [2.45, 2.75) is 32.4 Å². The fraction of sp³-hybridized carbons (Fsp3) is 0.318. The number of aromatic nitrogens is 1. The highest BCUT2D eigenvalue weighted by molar-refractivity contribution is 6.30. The van der Waals surface area contributed by atoms with E-state index in [0.29, 0.717) is 41.3 Å². The molecular formula is C22H22ClFN2O3. The van der Waals surface area contributed by atoms with E-state index in [0.717, 1.165) is 30.7 Å². The van der Waals surface area contributed by atoms with Gasteiger partial charge >= 0.3 is 0 Å². The van der Waals surface area contributed by atoms with E-state index in [2.05, 4.69) is 10.3 Å². The molecule has 1 N–H and O–H groups in total. The van der Waals surface area contributed by atoms with Crippen molar-refractivity contribution in [3.8, 4) is 17.1 Å². The Bertz CT molecular complexity index is 969. The lowest BCUT2D eigenvalue weighted by Crippen LogP contribution is -2.17. The van der Waals surface area contributed by atoms with Gasteiger partial charge in [-0.3, -0.25) is 0 Å². The summed E-state index contributed by atoms with van der Waals surface area (Å²) in [6, 6.07) is 11.8. The average Bonchev–Trinajstić information content (AvgIpc) is 3.36. The normalized spacial score (nSPS) is 16.2. The van der Waals surface area contributed by atoms with Crippen LogP contribution >= 0.6 is 11.6 Å². The van der Waals surface area contributed by atoms with Crippen molar-refractivity contribution in [3.05, 3.63) is 64.9 Å². The molecule has 7 heteroatoms. The van der Waals surface area contributed by atoms with Crippen LogP contribution in [-0.2, 0) is 11.3 Å². The van der Waals surface area contributed by atoms with Crippen LogP contribution in [0.5, 0.6) is 5.75 Å². The lowest BCUT2D eigenvalue weighted by atomic mass is 10.1. The molecule has 1 atom stereocenters. The number of anilines is 1. The molecule has 152 valence electrons. The zero-order chi connectivity index (χ0) is 20.2. The maximum Gasteiger partial charge on any atom is 0.214 e. The van der Waals surface area contributed by atoms with Crippen LogP contribution in [0.1, 0.15) is 24.4 Å². The van der Waals surface area contributed by atoms with E-state index >= 15 is 0 Å². The van der Waals surface area contributed by atoms with Crippen molar-refractivity contribution >= 4 is 17.3 Å². The summed E-state index contributed by atoms with van der Waals surface area (Å²) in [5, 5.41) is 3.83. The van der Waals surface area contributed by atoms with Crippen molar-refractivity contribution in [1.29, 1.82) is 0 Å². The Labute approximate surface area is 173 Å². The molecule has 5 nitrogen and oxygen atoms in total. The molecule has 0 radical (unpaired) electrons. The molecule has 1 aliphatic heterocycles. The van der Waals surface area contributed by atoms with Crippen LogP contribution in [0.25, 0.3) is 11.3 Å². The third-order valence-corrected chi connectivity index (χ3v) is 5.02. The second-order valence-electron chi connectivity index (χ2n) is 6.97. The fourth-order valence-electron chi connectivity index (χ4n) is 3.29. The van der Waals surface area contributed by atoms with Crippen molar-refractivity contribution in [2.75, 3.05) is 18.5 Å². The highest BCUT2D eigenvalue weighted by atomic mass is 35.5. The molecule has 0 amide bonds. The first kappa shape index (κ1) is 19.7. The van der Waals surface area contributed by atoms with E-state index in [1.54, 1.807) is 18.2 Å². The minimum atomic E-state index is -0.345. The van der Waals surface area contributed by atoms with E-state index in [1.165, 1.54) is 12.1 Å². The van der Waals surface area contributed by atoms with Gasteiger partial charge in [0.05, 0.1) is 24.0 Å². The van der Waals surface area contributed by atoms with Gasteiger partial charge in [0.1, 0.15) is 18.2 Å². The van der Waals surface area contributed by atoms with Crippen LogP contribution in [0.15, 0.2) is 46.9 Å². The summed E-state index contributed by atoms with van der Waals surface area (Å²) in [4.78, 5) is 4.47. The summed E-state index contributed by atoms with van der Waals surface area (Å²) in [5.74, 6) is 1.42. The Hall–Kier alpha value is -2.57. The average molecular weight is 417 g/mol. The minimum Gasteiger partial charge on any atom is -0.489 e. The van der Waals surface area contributed by atoms with E-state index < -0.39 is 0 Å². The number of nitrogens with one attached hydrogen (secondary N) is 1. The molecule has 4 rings (SSSR count). The molecule has 1 aliphatic rings. The summed E-state index contributed by atoms with van der Waals surface area (Å²) < 4.78 is 31.1. The molecule has 0 bridgehead atoms. The van der Waals surface area contributed by atoms with Gasteiger partial charge in [-0.15, -0.1) is 0 Å². The van der Waals surface area contributed by atoms with Gasteiger partial charge in [-0.05, 0) is 56.2 Å². The van der Waals surface area contributed by atoms with E-state index in [4.69, 9.17) is 25.5 Å². The predicted molar refractivity (Wildman–Crippen MR) is 110 cm³/mol. The predicted octanol–water partition coefficient (Wildman–Crippen LogP) is 5.61. The number of ether oxygens (including phenoxy) is 2. The maximum absolute atomic E-state index is 13.8. The first-order valence-corrected chi connectivity index (χ1v) is 9.96. The molecular weight excluding hydrogens is 395 g/mol.